The number of carbonyl (C=O) groups excluding carboxylic acids is 3. The number of Topliss-reactive ketones (excluding diaryl/α,β-unsaturated/α-hetero) is 1. The van der Waals surface area contributed by atoms with E-state index < -0.39 is 12.1 Å². The average molecular weight is 420 g/mol. The summed E-state index contributed by atoms with van der Waals surface area (Å²) in [6.45, 7) is 1.49. The predicted molar refractivity (Wildman–Crippen MR) is 114 cm³/mol. The van der Waals surface area contributed by atoms with Gasteiger partial charge in [0.15, 0.2) is 5.78 Å². The molecule has 1 aliphatic heterocycles. The van der Waals surface area contributed by atoms with Gasteiger partial charge in [0, 0.05) is 28.3 Å². The van der Waals surface area contributed by atoms with Crippen molar-refractivity contribution < 1.29 is 19.1 Å². The zero-order valence-corrected chi connectivity index (χ0v) is 16.9. The summed E-state index contributed by atoms with van der Waals surface area (Å²) in [5.74, 6) is -0.747. The zero-order valence-electron chi connectivity index (χ0n) is 16.1. The van der Waals surface area contributed by atoms with Crippen LogP contribution >= 0.6 is 11.6 Å². The van der Waals surface area contributed by atoms with Gasteiger partial charge < -0.3 is 10.1 Å². The van der Waals surface area contributed by atoms with Crippen LogP contribution in [0.15, 0.2) is 66.7 Å². The van der Waals surface area contributed by atoms with Crippen molar-refractivity contribution in [3.8, 4) is 0 Å². The lowest BCUT2D eigenvalue weighted by atomic mass is 9.93. The lowest BCUT2D eigenvalue weighted by Crippen LogP contribution is -2.23. The summed E-state index contributed by atoms with van der Waals surface area (Å²) in [5.41, 5.74) is 3.66. The average Bonchev–Trinajstić information content (AvgIpc) is 2.74. The van der Waals surface area contributed by atoms with Crippen LogP contribution in [0.4, 0.5) is 5.69 Å². The molecule has 1 N–H and O–H groups in total. The second-order valence-corrected chi connectivity index (χ2v) is 7.55. The second kappa shape index (κ2) is 8.13. The van der Waals surface area contributed by atoms with E-state index in [4.69, 9.17) is 16.3 Å². The molecule has 4 rings (SSSR count). The molecule has 0 aromatic heterocycles. The van der Waals surface area contributed by atoms with Crippen molar-refractivity contribution in [2.24, 2.45) is 0 Å². The molecule has 5 nitrogen and oxygen atoms in total. The van der Waals surface area contributed by atoms with Crippen LogP contribution in [0.1, 0.15) is 55.2 Å². The van der Waals surface area contributed by atoms with E-state index in [1.807, 2.05) is 12.1 Å². The molecule has 6 heteroatoms. The quantitative estimate of drug-likeness (QED) is 0.463. The Morgan fingerprint density at radius 3 is 2.30 bits per heavy atom. The van der Waals surface area contributed by atoms with Gasteiger partial charge in [0.2, 0.25) is 0 Å². The summed E-state index contributed by atoms with van der Waals surface area (Å²) >= 11 is 5.94. The van der Waals surface area contributed by atoms with Crippen molar-refractivity contribution in [1.82, 2.24) is 0 Å². The summed E-state index contributed by atoms with van der Waals surface area (Å²) in [4.78, 5) is 36.5. The highest BCUT2D eigenvalue weighted by Crippen LogP contribution is 2.31. The number of carbonyl (C=O) groups is 3. The third-order valence-corrected chi connectivity index (χ3v) is 5.29. The van der Waals surface area contributed by atoms with E-state index in [9.17, 15) is 14.4 Å². The van der Waals surface area contributed by atoms with Crippen molar-refractivity contribution >= 4 is 34.9 Å². The molecule has 30 heavy (non-hydrogen) atoms. The monoisotopic (exact) mass is 419 g/mol. The van der Waals surface area contributed by atoms with Gasteiger partial charge in [-0.1, -0.05) is 23.7 Å². The van der Waals surface area contributed by atoms with Crippen molar-refractivity contribution in [3.05, 3.63) is 99.6 Å². The van der Waals surface area contributed by atoms with Crippen LogP contribution in [-0.4, -0.2) is 17.7 Å². The van der Waals surface area contributed by atoms with E-state index >= 15 is 0 Å². The Bertz CT molecular complexity index is 1140. The molecule has 0 fully saturated rings. The largest absolute Gasteiger partial charge is 0.454 e. The van der Waals surface area contributed by atoms with Gasteiger partial charge >= 0.3 is 5.97 Å². The summed E-state index contributed by atoms with van der Waals surface area (Å²) in [6.07, 6.45) is 0.0385. The van der Waals surface area contributed by atoms with E-state index in [0.717, 1.165) is 11.1 Å². The van der Waals surface area contributed by atoms with E-state index in [1.165, 1.54) is 6.92 Å². The van der Waals surface area contributed by atoms with E-state index in [1.54, 1.807) is 54.6 Å². The van der Waals surface area contributed by atoms with Crippen LogP contribution in [0.2, 0.25) is 5.02 Å². The maximum absolute atomic E-state index is 12.7. The van der Waals surface area contributed by atoms with Gasteiger partial charge in [0.25, 0.3) is 5.91 Å². The Hall–Kier alpha value is -3.44. The number of ketones is 1. The molecule has 0 spiro atoms. The van der Waals surface area contributed by atoms with Crippen LogP contribution in [-0.2, 0) is 11.2 Å². The number of cyclic esters (lactones) is 1. The third-order valence-electron chi connectivity index (χ3n) is 5.03. The van der Waals surface area contributed by atoms with Crippen molar-refractivity contribution in [1.29, 1.82) is 0 Å². The second-order valence-electron chi connectivity index (χ2n) is 7.11. The molecule has 150 valence electrons. The van der Waals surface area contributed by atoms with E-state index in [2.05, 4.69) is 5.32 Å². The maximum atomic E-state index is 12.7. The summed E-state index contributed by atoms with van der Waals surface area (Å²) < 4.78 is 5.56. The number of nitrogens with one attached hydrogen (secondary N) is 1. The molecule has 3 aromatic rings. The number of ether oxygens (including phenoxy) is 1. The Labute approximate surface area is 178 Å². The van der Waals surface area contributed by atoms with Gasteiger partial charge in [-0.2, -0.15) is 0 Å². The minimum Gasteiger partial charge on any atom is -0.454 e. The van der Waals surface area contributed by atoms with Gasteiger partial charge in [-0.25, -0.2) is 4.79 Å². The number of anilines is 1. The van der Waals surface area contributed by atoms with Gasteiger partial charge in [-0.15, -0.1) is 0 Å². The summed E-state index contributed by atoms with van der Waals surface area (Å²) in [6, 6.07) is 18.8. The fourth-order valence-corrected chi connectivity index (χ4v) is 3.52. The molecule has 3 aromatic carbocycles. The van der Waals surface area contributed by atoms with E-state index in [0.29, 0.717) is 33.8 Å². The highest BCUT2D eigenvalue weighted by molar-refractivity contribution is 6.30. The van der Waals surface area contributed by atoms with E-state index in [-0.39, 0.29) is 11.7 Å². The van der Waals surface area contributed by atoms with Crippen molar-refractivity contribution in [2.45, 2.75) is 19.4 Å². The Morgan fingerprint density at radius 1 is 0.967 bits per heavy atom. The molecule has 0 radical (unpaired) electrons. The Kier molecular flexibility index (Phi) is 5.38. The first kappa shape index (κ1) is 19.9. The van der Waals surface area contributed by atoms with Crippen LogP contribution in [0.25, 0.3) is 0 Å². The van der Waals surface area contributed by atoms with Gasteiger partial charge in [0.05, 0.1) is 5.56 Å². The molecule has 1 aliphatic rings. The summed E-state index contributed by atoms with van der Waals surface area (Å²) in [7, 11) is 0. The number of rotatable bonds is 4. The minimum absolute atomic E-state index is 0.0373. The first-order chi connectivity index (χ1) is 14.4. The highest BCUT2D eigenvalue weighted by Gasteiger charge is 2.28. The molecule has 0 aliphatic carbocycles. The van der Waals surface area contributed by atoms with Crippen LogP contribution in [0, 0.1) is 0 Å². The third kappa shape index (κ3) is 4.11. The summed E-state index contributed by atoms with van der Waals surface area (Å²) in [5, 5.41) is 3.42. The number of benzene rings is 3. The Morgan fingerprint density at radius 2 is 1.63 bits per heavy atom. The van der Waals surface area contributed by atoms with Gasteiger partial charge in [-0.3, -0.25) is 9.59 Å². The topological polar surface area (TPSA) is 72.5 Å². The lowest BCUT2D eigenvalue weighted by Gasteiger charge is -2.25. The normalized spacial score (nSPS) is 15.1. The SMILES string of the molecule is CC(=O)c1ccc(NC(=O)c2ccc3c(c2)C[C@H](c2ccc(Cl)cc2)OC3=O)cc1. The molecular weight excluding hydrogens is 402 g/mol. The number of fused-ring (bicyclic) bond motifs is 1. The molecule has 0 saturated carbocycles. The van der Waals surface area contributed by atoms with Gasteiger partial charge in [-0.05, 0) is 72.6 Å². The predicted octanol–water partition coefficient (Wildman–Crippen LogP) is 5.25. The zero-order chi connectivity index (χ0) is 21.3. The number of hydrogen-bond acceptors (Lipinski definition) is 4. The number of esters is 1. The van der Waals surface area contributed by atoms with Crippen LogP contribution in [0.3, 0.4) is 0 Å². The van der Waals surface area contributed by atoms with Crippen molar-refractivity contribution in [3.63, 3.8) is 0 Å². The smallest absolute Gasteiger partial charge is 0.339 e. The fraction of sp³-hybridized carbons (Fsp3) is 0.125. The number of amides is 1. The number of halogens is 1. The van der Waals surface area contributed by atoms with Gasteiger partial charge in [0.1, 0.15) is 6.10 Å². The van der Waals surface area contributed by atoms with Crippen molar-refractivity contribution in [2.75, 3.05) is 5.32 Å². The fourth-order valence-electron chi connectivity index (χ4n) is 3.39. The van der Waals surface area contributed by atoms with Crippen LogP contribution in [0.5, 0.6) is 0 Å². The number of hydrogen-bond donors (Lipinski definition) is 1. The molecule has 1 heterocycles. The molecule has 0 bridgehead atoms. The molecule has 0 unspecified atom stereocenters. The molecule has 1 amide bonds. The van der Waals surface area contributed by atoms with Crippen LogP contribution < -0.4 is 5.32 Å². The molecule has 0 saturated heterocycles. The lowest BCUT2D eigenvalue weighted by molar-refractivity contribution is 0.0252. The molecule has 1 atom stereocenters. The Balaban J connectivity index is 1.54. The molecular formula is C24H18ClNO4. The minimum atomic E-state index is -0.431. The first-order valence-electron chi connectivity index (χ1n) is 9.42. The standard InChI is InChI=1S/C24H18ClNO4/c1-14(27)15-4-9-20(10-5-15)26-23(28)17-6-11-21-18(12-17)13-22(30-24(21)29)16-2-7-19(25)8-3-16/h2-12,22H,13H2,1H3,(H,26,28)/t22-/m1/s1. The maximum Gasteiger partial charge on any atom is 0.339 e. The first-order valence-corrected chi connectivity index (χ1v) is 9.80. The highest BCUT2D eigenvalue weighted by atomic mass is 35.5.